The largest absolute Gasteiger partial charge is 0.493 e. The third-order valence-electron chi connectivity index (χ3n) is 3.07. The first-order valence-electron chi connectivity index (χ1n) is 6.83. The van der Waals surface area contributed by atoms with E-state index in [9.17, 15) is 4.79 Å². The van der Waals surface area contributed by atoms with Gasteiger partial charge < -0.3 is 4.74 Å². The fourth-order valence-electron chi connectivity index (χ4n) is 1.95. The third-order valence-corrected chi connectivity index (χ3v) is 4.29. The average molecular weight is 305 g/mol. The number of ether oxygens (including phenoxy) is 1. The first kappa shape index (κ1) is 15.5. The maximum Gasteiger partial charge on any atom is 0.277 e. The molecule has 0 aliphatic carbocycles. The van der Waals surface area contributed by atoms with Gasteiger partial charge in [0.2, 0.25) is 0 Å². The molecule has 2 aromatic rings. The molecule has 6 heteroatoms. The van der Waals surface area contributed by atoms with Crippen LogP contribution < -0.4 is 16.0 Å². The lowest BCUT2D eigenvalue weighted by atomic mass is 10.2. The third kappa shape index (κ3) is 4.03. The average Bonchev–Trinajstić information content (AvgIpc) is 2.87. The minimum Gasteiger partial charge on any atom is -0.493 e. The lowest BCUT2D eigenvalue weighted by Gasteiger charge is -2.06. The van der Waals surface area contributed by atoms with Crippen LogP contribution in [0.3, 0.4) is 0 Å². The highest BCUT2D eigenvalue weighted by molar-refractivity contribution is 7.13. The van der Waals surface area contributed by atoms with Gasteiger partial charge in [0.15, 0.2) is 0 Å². The number of hydrazine groups is 1. The van der Waals surface area contributed by atoms with Crippen LogP contribution in [0.25, 0.3) is 0 Å². The highest BCUT2D eigenvalue weighted by atomic mass is 32.1. The number of aryl methyl sites for hydroxylation is 2. The van der Waals surface area contributed by atoms with Crippen LogP contribution in [0.15, 0.2) is 24.3 Å². The van der Waals surface area contributed by atoms with Gasteiger partial charge in [-0.3, -0.25) is 10.2 Å². The summed E-state index contributed by atoms with van der Waals surface area (Å²) in [5.41, 5.74) is 4.08. The van der Waals surface area contributed by atoms with Gasteiger partial charge in [-0.2, -0.15) is 0 Å². The highest BCUT2D eigenvalue weighted by Gasteiger charge is 2.13. The summed E-state index contributed by atoms with van der Waals surface area (Å²) >= 11 is 1.35. The van der Waals surface area contributed by atoms with Crippen LogP contribution in [-0.2, 0) is 12.8 Å². The SMILES string of the molecule is CCc1cccc(OCCc2nc(C)c(C(=O)NN)s2)c1. The van der Waals surface area contributed by atoms with Crippen molar-refractivity contribution in [3.05, 3.63) is 45.4 Å². The smallest absolute Gasteiger partial charge is 0.277 e. The molecule has 0 aliphatic rings. The maximum atomic E-state index is 11.5. The van der Waals surface area contributed by atoms with Gasteiger partial charge in [0.1, 0.15) is 10.6 Å². The van der Waals surface area contributed by atoms with Crippen molar-refractivity contribution in [3.8, 4) is 5.75 Å². The van der Waals surface area contributed by atoms with Gasteiger partial charge in [0.05, 0.1) is 17.3 Å². The Bertz CT molecular complexity index is 625. The van der Waals surface area contributed by atoms with E-state index >= 15 is 0 Å². The van der Waals surface area contributed by atoms with E-state index in [1.807, 2.05) is 18.2 Å². The van der Waals surface area contributed by atoms with E-state index in [1.165, 1.54) is 16.9 Å². The van der Waals surface area contributed by atoms with Gasteiger partial charge in [-0.1, -0.05) is 19.1 Å². The molecule has 0 atom stereocenters. The zero-order valence-electron chi connectivity index (χ0n) is 12.2. The molecule has 1 aromatic heterocycles. The van der Waals surface area contributed by atoms with E-state index in [1.54, 1.807) is 6.92 Å². The summed E-state index contributed by atoms with van der Waals surface area (Å²) in [7, 11) is 0. The van der Waals surface area contributed by atoms with Crippen LogP contribution in [0.1, 0.15) is 32.9 Å². The second kappa shape index (κ2) is 7.19. The quantitative estimate of drug-likeness (QED) is 0.487. The maximum absolute atomic E-state index is 11.5. The molecule has 1 amide bonds. The molecule has 0 fully saturated rings. The molecule has 0 aliphatic heterocycles. The summed E-state index contributed by atoms with van der Waals surface area (Å²) in [4.78, 5) is 16.4. The van der Waals surface area contributed by atoms with Crippen molar-refractivity contribution in [2.45, 2.75) is 26.7 Å². The molecule has 3 N–H and O–H groups in total. The molecular weight excluding hydrogens is 286 g/mol. The van der Waals surface area contributed by atoms with Gasteiger partial charge >= 0.3 is 0 Å². The first-order valence-corrected chi connectivity index (χ1v) is 7.64. The van der Waals surface area contributed by atoms with Crippen LogP contribution in [0, 0.1) is 6.92 Å². The number of nitrogens with one attached hydrogen (secondary N) is 1. The number of nitrogens with zero attached hydrogens (tertiary/aromatic N) is 1. The molecule has 0 bridgehead atoms. The Morgan fingerprint density at radius 1 is 1.48 bits per heavy atom. The summed E-state index contributed by atoms with van der Waals surface area (Å²) in [5.74, 6) is 5.71. The van der Waals surface area contributed by atoms with Crippen molar-refractivity contribution in [2.24, 2.45) is 5.84 Å². The van der Waals surface area contributed by atoms with Crippen LogP contribution in [0.5, 0.6) is 5.75 Å². The number of thiazole rings is 1. The van der Waals surface area contributed by atoms with E-state index in [2.05, 4.69) is 23.4 Å². The lowest BCUT2D eigenvalue weighted by Crippen LogP contribution is -2.29. The Morgan fingerprint density at radius 3 is 3.00 bits per heavy atom. The van der Waals surface area contributed by atoms with Gasteiger partial charge in [0, 0.05) is 6.42 Å². The van der Waals surface area contributed by atoms with Crippen molar-refractivity contribution in [1.82, 2.24) is 10.4 Å². The predicted molar refractivity (Wildman–Crippen MR) is 83.5 cm³/mol. The molecule has 0 saturated carbocycles. The van der Waals surface area contributed by atoms with Crippen LogP contribution in [-0.4, -0.2) is 17.5 Å². The summed E-state index contributed by atoms with van der Waals surface area (Å²) in [6.07, 6.45) is 1.65. The van der Waals surface area contributed by atoms with Crippen LogP contribution >= 0.6 is 11.3 Å². The molecular formula is C15H19N3O2S. The first-order chi connectivity index (χ1) is 10.1. The van der Waals surface area contributed by atoms with Gasteiger partial charge in [-0.05, 0) is 31.0 Å². The van der Waals surface area contributed by atoms with E-state index in [4.69, 9.17) is 10.6 Å². The molecule has 1 heterocycles. The Kier molecular flexibility index (Phi) is 5.30. The van der Waals surface area contributed by atoms with Crippen molar-refractivity contribution in [2.75, 3.05) is 6.61 Å². The summed E-state index contributed by atoms with van der Waals surface area (Å²) in [6.45, 7) is 4.45. The number of nitrogens with two attached hydrogens (primary N) is 1. The molecule has 0 spiro atoms. The van der Waals surface area contributed by atoms with E-state index < -0.39 is 0 Å². The molecule has 5 nitrogen and oxygen atoms in total. The molecule has 0 saturated heterocycles. The zero-order chi connectivity index (χ0) is 15.2. The number of carbonyl (C=O) groups excluding carboxylic acids is 1. The molecule has 0 unspecified atom stereocenters. The summed E-state index contributed by atoms with van der Waals surface area (Å²) < 4.78 is 5.73. The van der Waals surface area contributed by atoms with Crippen molar-refractivity contribution in [3.63, 3.8) is 0 Å². The lowest BCUT2D eigenvalue weighted by molar-refractivity contribution is 0.0957. The highest BCUT2D eigenvalue weighted by Crippen LogP contribution is 2.19. The molecule has 112 valence electrons. The topological polar surface area (TPSA) is 77.2 Å². The fourth-order valence-corrected chi connectivity index (χ4v) is 2.90. The molecule has 2 rings (SSSR count). The monoisotopic (exact) mass is 305 g/mol. The molecule has 21 heavy (non-hydrogen) atoms. The second-order valence-corrected chi connectivity index (χ2v) is 5.68. The Hall–Kier alpha value is -1.92. The van der Waals surface area contributed by atoms with Crippen molar-refractivity contribution >= 4 is 17.2 Å². The summed E-state index contributed by atoms with van der Waals surface area (Å²) in [5, 5.41) is 0.873. The Balaban J connectivity index is 1.93. The van der Waals surface area contributed by atoms with Crippen LogP contribution in [0.2, 0.25) is 0 Å². The Morgan fingerprint density at radius 2 is 2.29 bits per heavy atom. The minimum atomic E-state index is -0.298. The van der Waals surface area contributed by atoms with E-state index in [0.29, 0.717) is 23.6 Å². The number of carbonyl (C=O) groups is 1. The number of aromatic nitrogens is 1. The normalized spacial score (nSPS) is 10.4. The number of benzene rings is 1. The predicted octanol–water partition coefficient (Wildman–Crippen LogP) is 2.24. The fraction of sp³-hybridized carbons (Fsp3) is 0.333. The van der Waals surface area contributed by atoms with Gasteiger partial charge in [-0.25, -0.2) is 10.8 Å². The number of hydrogen-bond acceptors (Lipinski definition) is 5. The second-order valence-electron chi connectivity index (χ2n) is 4.60. The zero-order valence-corrected chi connectivity index (χ0v) is 13.0. The van der Waals surface area contributed by atoms with E-state index in [0.717, 1.165) is 17.2 Å². The number of amides is 1. The number of nitrogen functional groups attached to an aromatic ring is 1. The Labute approximate surface area is 128 Å². The standard InChI is InChI=1S/C15H19N3O2S/c1-3-11-5-4-6-12(9-11)20-8-7-13-17-10(2)14(21-13)15(19)18-16/h4-6,9H,3,7-8,16H2,1-2H3,(H,18,19). The molecule has 1 aromatic carbocycles. The number of rotatable bonds is 6. The number of hydrogen-bond donors (Lipinski definition) is 2. The van der Waals surface area contributed by atoms with Gasteiger partial charge in [-0.15, -0.1) is 11.3 Å². The minimum absolute atomic E-state index is 0.298. The summed E-state index contributed by atoms with van der Waals surface area (Å²) in [6, 6.07) is 8.06. The van der Waals surface area contributed by atoms with E-state index in [-0.39, 0.29) is 5.91 Å². The molecule has 0 radical (unpaired) electrons. The van der Waals surface area contributed by atoms with Gasteiger partial charge in [0.25, 0.3) is 5.91 Å². The van der Waals surface area contributed by atoms with Crippen molar-refractivity contribution < 1.29 is 9.53 Å². The van der Waals surface area contributed by atoms with Crippen molar-refractivity contribution in [1.29, 1.82) is 0 Å². The van der Waals surface area contributed by atoms with Crippen LogP contribution in [0.4, 0.5) is 0 Å².